The Morgan fingerprint density at radius 1 is 1.35 bits per heavy atom. The molecular weight excluding hydrogens is 237 g/mol. The zero-order valence-corrected chi connectivity index (χ0v) is 9.82. The largest absolute Gasteiger partial charge is 0.295 e. The van der Waals surface area contributed by atoms with Crippen molar-refractivity contribution in [3.63, 3.8) is 0 Å². The fourth-order valence-corrected chi connectivity index (χ4v) is 2.20. The second-order valence-electron chi connectivity index (χ2n) is 3.31. The summed E-state index contributed by atoms with van der Waals surface area (Å²) in [6.45, 7) is 0. The van der Waals surface area contributed by atoms with Crippen LogP contribution in [0.2, 0.25) is 0 Å². The maximum absolute atomic E-state index is 12.8. The first kappa shape index (κ1) is 11.7. The summed E-state index contributed by atoms with van der Waals surface area (Å²) in [5.41, 5.74) is 0.864. The lowest BCUT2D eigenvalue weighted by Gasteiger charge is -2.06. The summed E-state index contributed by atoms with van der Waals surface area (Å²) in [6.07, 6.45) is 4.00. The lowest BCUT2D eigenvalue weighted by Crippen LogP contribution is -1.95. The number of imidazole rings is 1. The zero-order valence-electron chi connectivity index (χ0n) is 9.01. The molecule has 0 N–H and O–H groups in total. The topological polar surface area (TPSA) is 41.6 Å². The molecule has 0 saturated heterocycles. The summed E-state index contributed by atoms with van der Waals surface area (Å²) in [6, 6.07) is 8.32. The fraction of sp³-hybridized carbons (Fsp3) is 0.167. The van der Waals surface area contributed by atoms with Crippen LogP contribution in [-0.4, -0.2) is 15.3 Å². The third-order valence-electron chi connectivity index (χ3n) is 2.16. The maximum Gasteiger partial charge on any atom is 0.172 e. The van der Waals surface area contributed by atoms with Crippen molar-refractivity contribution in [2.75, 3.05) is 5.75 Å². The molecule has 0 spiro atoms. The molecule has 5 heteroatoms. The monoisotopic (exact) mass is 247 g/mol. The number of benzene rings is 1. The highest BCUT2D eigenvalue weighted by molar-refractivity contribution is 7.99. The van der Waals surface area contributed by atoms with Crippen LogP contribution in [-0.2, 0) is 0 Å². The standard InChI is InChI=1S/C12H10FN3S/c13-10-2-4-11(5-3-10)16-8-7-15-12(16)17-9-1-6-14/h2-5,7-8H,1,9H2. The van der Waals surface area contributed by atoms with Crippen LogP contribution in [0.15, 0.2) is 41.8 Å². The Bertz CT molecular complexity index is 527. The average Bonchev–Trinajstić information content (AvgIpc) is 2.79. The minimum absolute atomic E-state index is 0.257. The Hall–Kier alpha value is -1.80. The molecule has 86 valence electrons. The van der Waals surface area contributed by atoms with Gasteiger partial charge in [-0.05, 0) is 24.3 Å². The number of hydrogen-bond donors (Lipinski definition) is 0. The van der Waals surface area contributed by atoms with Gasteiger partial charge in [0.15, 0.2) is 5.16 Å². The zero-order chi connectivity index (χ0) is 12.1. The number of nitrogens with zero attached hydrogens (tertiary/aromatic N) is 3. The molecule has 0 atom stereocenters. The molecular formula is C12H10FN3S. The summed E-state index contributed by atoms with van der Waals surface area (Å²) in [5.74, 6) is 0.446. The molecule has 0 radical (unpaired) electrons. The highest BCUT2D eigenvalue weighted by Crippen LogP contribution is 2.20. The molecule has 0 unspecified atom stereocenters. The van der Waals surface area contributed by atoms with Crippen molar-refractivity contribution in [2.24, 2.45) is 0 Å². The smallest absolute Gasteiger partial charge is 0.172 e. The molecule has 0 aliphatic heterocycles. The van der Waals surface area contributed by atoms with Crippen LogP contribution < -0.4 is 0 Å². The van der Waals surface area contributed by atoms with Gasteiger partial charge in [0.1, 0.15) is 5.82 Å². The van der Waals surface area contributed by atoms with Crippen molar-refractivity contribution >= 4 is 11.8 Å². The Labute approximate surface area is 103 Å². The third-order valence-corrected chi connectivity index (χ3v) is 3.13. The van der Waals surface area contributed by atoms with Crippen LogP contribution in [0.5, 0.6) is 0 Å². The van der Waals surface area contributed by atoms with Gasteiger partial charge in [0, 0.05) is 30.3 Å². The van der Waals surface area contributed by atoms with Crippen LogP contribution in [0, 0.1) is 17.1 Å². The molecule has 1 aromatic heterocycles. The van der Waals surface area contributed by atoms with E-state index in [1.54, 1.807) is 18.3 Å². The Kier molecular flexibility index (Phi) is 3.78. The second-order valence-corrected chi connectivity index (χ2v) is 4.37. The fourth-order valence-electron chi connectivity index (χ4n) is 1.38. The minimum atomic E-state index is -0.257. The van der Waals surface area contributed by atoms with Crippen LogP contribution >= 0.6 is 11.8 Å². The number of thioether (sulfide) groups is 1. The van der Waals surface area contributed by atoms with Gasteiger partial charge < -0.3 is 0 Å². The second kappa shape index (κ2) is 5.51. The van der Waals surface area contributed by atoms with Gasteiger partial charge in [0.2, 0.25) is 0 Å². The van der Waals surface area contributed by atoms with Crippen molar-refractivity contribution in [3.8, 4) is 11.8 Å². The Balaban J connectivity index is 2.19. The normalized spacial score (nSPS) is 10.1. The van der Waals surface area contributed by atoms with Gasteiger partial charge in [0.25, 0.3) is 0 Å². The lowest BCUT2D eigenvalue weighted by molar-refractivity contribution is 0.627. The number of halogens is 1. The molecule has 2 rings (SSSR count). The number of nitriles is 1. The van der Waals surface area contributed by atoms with Gasteiger partial charge in [-0.2, -0.15) is 5.26 Å². The summed E-state index contributed by atoms with van der Waals surface area (Å²) in [5, 5.41) is 9.29. The molecule has 0 aliphatic carbocycles. The molecule has 0 fully saturated rings. The van der Waals surface area contributed by atoms with Crippen molar-refractivity contribution < 1.29 is 4.39 Å². The molecule has 3 nitrogen and oxygen atoms in total. The van der Waals surface area contributed by atoms with Crippen molar-refractivity contribution in [1.29, 1.82) is 5.26 Å². The molecule has 1 heterocycles. The number of rotatable bonds is 4. The van der Waals surface area contributed by atoms with Crippen molar-refractivity contribution in [1.82, 2.24) is 9.55 Å². The van der Waals surface area contributed by atoms with Crippen molar-refractivity contribution in [3.05, 3.63) is 42.5 Å². The number of hydrogen-bond acceptors (Lipinski definition) is 3. The molecule has 0 saturated carbocycles. The van der Waals surface area contributed by atoms with E-state index in [0.717, 1.165) is 10.8 Å². The molecule has 2 aromatic rings. The maximum atomic E-state index is 12.8. The first-order valence-corrected chi connectivity index (χ1v) is 6.09. The van der Waals surface area contributed by atoms with Crippen LogP contribution in [0.1, 0.15) is 6.42 Å². The van der Waals surface area contributed by atoms with E-state index in [-0.39, 0.29) is 5.82 Å². The Morgan fingerprint density at radius 2 is 2.12 bits per heavy atom. The van der Waals surface area contributed by atoms with E-state index in [2.05, 4.69) is 11.1 Å². The highest BCUT2D eigenvalue weighted by atomic mass is 32.2. The number of aromatic nitrogens is 2. The average molecular weight is 247 g/mol. The quantitative estimate of drug-likeness (QED) is 0.616. The summed E-state index contributed by atoms with van der Waals surface area (Å²) in [7, 11) is 0. The molecule has 17 heavy (non-hydrogen) atoms. The SMILES string of the molecule is N#CCCSc1nccn1-c1ccc(F)cc1. The molecule has 0 bridgehead atoms. The van der Waals surface area contributed by atoms with E-state index in [0.29, 0.717) is 12.2 Å². The van der Waals surface area contributed by atoms with Crippen molar-refractivity contribution in [2.45, 2.75) is 11.6 Å². The third kappa shape index (κ3) is 2.86. The van der Waals surface area contributed by atoms with Gasteiger partial charge in [-0.3, -0.25) is 4.57 Å². The van der Waals surface area contributed by atoms with Gasteiger partial charge in [0.05, 0.1) is 6.07 Å². The van der Waals surface area contributed by atoms with Crippen LogP contribution in [0.3, 0.4) is 0 Å². The van der Waals surface area contributed by atoms with Gasteiger partial charge in [-0.15, -0.1) is 0 Å². The molecule has 0 aliphatic rings. The van der Waals surface area contributed by atoms with E-state index >= 15 is 0 Å². The predicted molar refractivity (Wildman–Crippen MR) is 64.5 cm³/mol. The summed E-state index contributed by atoms with van der Waals surface area (Å²) in [4.78, 5) is 4.21. The van der Waals surface area contributed by atoms with E-state index in [1.165, 1.54) is 23.9 Å². The van der Waals surface area contributed by atoms with E-state index in [4.69, 9.17) is 5.26 Å². The summed E-state index contributed by atoms with van der Waals surface area (Å²) < 4.78 is 14.7. The van der Waals surface area contributed by atoms with Gasteiger partial charge in [-0.25, -0.2) is 9.37 Å². The van der Waals surface area contributed by atoms with E-state index < -0.39 is 0 Å². The minimum Gasteiger partial charge on any atom is -0.295 e. The van der Waals surface area contributed by atoms with Gasteiger partial charge in [-0.1, -0.05) is 11.8 Å². The van der Waals surface area contributed by atoms with E-state index in [9.17, 15) is 4.39 Å². The molecule has 0 amide bonds. The molecule has 1 aromatic carbocycles. The predicted octanol–water partition coefficient (Wildman–Crippen LogP) is 3.02. The van der Waals surface area contributed by atoms with Gasteiger partial charge >= 0.3 is 0 Å². The van der Waals surface area contributed by atoms with E-state index in [1.807, 2.05) is 10.8 Å². The van der Waals surface area contributed by atoms with Crippen LogP contribution in [0.25, 0.3) is 5.69 Å². The summed E-state index contributed by atoms with van der Waals surface area (Å²) >= 11 is 1.51. The highest BCUT2D eigenvalue weighted by Gasteiger charge is 2.05. The lowest BCUT2D eigenvalue weighted by atomic mass is 10.3. The van der Waals surface area contributed by atoms with Crippen LogP contribution in [0.4, 0.5) is 4.39 Å². The Morgan fingerprint density at radius 3 is 2.82 bits per heavy atom. The first-order chi connectivity index (χ1) is 8.31. The first-order valence-electron chi connectivity index (χ1n) is 5.10.